The minimum Gasteiger partial charge on any atom is -0.462 e. The first-order valence-corrected chi connectivity index (χ1v) is 7.81. The van der Waals surface area contributed by atoms with Crippen molar-refractivity contribution in [3.8, 4) is 0 Å². The van der Waals surface area contributed by atoms with E-state index in [2.05, 4.69) is 4.74 Å². The van der Waals surface area contributed by atoms with Gasteiger partial charge >= 0.3 is 11.9 Å². The van der Waals surface area contributed by atoms with Gasteiger partial charge in [0.25, 0.3) is 0 Å². The number of hydrogen-bond donors (Lipinski definition) is 1. The highest BCUT2D eigenvalue weighted by atomic mass is 19.2. The molecule has 0 aliphatic carbocycles. The van der Waals surface area contributed by atoms with Crippen LogP contribution in [0.4, 0.5) is 17.6 Å². The first-order valence-electron chi connectivity index (χ1n) is 7.81. The number of halogens is 4. The molecule has 27 heavy (non-hydrogen) atoms. The number of nitrogens with one attached hydrogen (secondary N) is 1. The third kappa shape index (κ3) is 5.11. The average molecular weight is 391 g/mol. The number of ether oxygens (including phenoxy) is 2. The van der Waals surface area contributed by atoms with Crippen LogP contribution < -0.4 is 0 Å². The maximum absolute atomic E-state index is 14.0. The lowest BCUT2D eigenvalue weighted by molar-refractivity contribution is -0.144. The van der Waals surface area contributed by atoms with Crippen molar-refractivity contribution < 1.29 is 41.4 Å². The van der Waals surface area contributed by atoms with Gasteiger partial charge in [0.2, 0.25) is 5.78 Å². The maximum Gasteiger partial charge on any atom is 0.351 e. The fourth-order valence-electron chi connectivity index (χ4n) is 2.23. The summed E-state index contributed by atoms with van der Waals surface area (Å²) in [5.74, 6) is -11.2. The molecule has 6 nitrogen and oxygen atoms in total. The SMILES string of the molecule is CCOC(=O)C(=N)CCC(OC(C)=O)C(=O)c1c(C)c(F)c(F)c(F)c1F. The second-order valence-electron chi connectivity index (χ2n) is 5.46. The Morgan fingerprint density at radius 3 is 2.11 bits per heavy atom. The third-order valence-corrected chi connectivity index (χ3v) is 3.53. The Labute approximate surface area is 152 Å². The van der Waals surface area contributed by atoms with Crippen LogP contribution in [-0.4, -0.2) is 36.1 Å². The van der Waals surface area contributed by atoms with Gasteiger partial charge in [-0.25, -0.2) is 22.4 Å². The second kappa shape index (κ2) is 9.24. The quantitative estimate of drug-likeness (QED) is 0.184. The standard InChI is InChI=1S/C17H17F4NO5/c1-4-26-17(25)9(22)5-6-10(27-8(3)23)16(24)11-7(2)12(18)14(20)15(21)13(11)19/h10,22H,4-6H2,1-3H3. The lowest BCUT2D eigenvalue weighted by Gasteiger charge is -2.18. The van der Waals surface area contributed by atoms with Crippen molar-refractivity contribution in [2.75, 3.05) is 6.61 Å². The van der Waals surface area contributed by atoms with E-state index in [4.69, 9.17) is 10.1 Å². The summed E-state index contributed by atoms with van der Waals surface area (Å²) < 4.78 is 63.8. The van der Waals surface area contributed by atoms with Crippen LogP contribution >= 0.6 is 0 Å². The van der Waals surface area contributed by atoms with Gasteiger partial charge in [-0.3, -0.25) is 15.0 Å². The molecule has 1 aromatic rings. The van der Waals surface area contributed by atoms with Crippen LogP contribution in [0, 0.1) is 35.6 Å². The molecule has 0 aromatic heterocycles. The van der Waals surface area contributed by atoms with E-state index in [0.717, 1.165) is 13.8 Å². The van der Waals surface area contributed by atoms with E-state index in [1.165, 1.54) is 6.92 Å². The van der Waals surface area contributed by atoms with E-state index in [-0.39, 0.29) is 6.61 Å². The number of Topliss-reactive ketones (excluding diaryl/α,β-unsaturated/α-hetero) is 1. The van der Waals surface area contributed by atoms with Crippen LogP contribution in [0.1, 0.15) is 42.6 Å². The molecule has 148 valence electrons. The zero-order valence-electron chi connectivity index (χ0n) is 14.8. The molecule has 10 heteroatoms. The first kappa shape index (κ1) is 22.3. The number of hydrogen-bond acceptors (Lipinski definition) is 6. The number of rotatable bonds is 8. The molecule has 0 heterocycles. The predicted molar refractivity (Wildman–Crippen MR) is 84.5 cm³/mol. The highest BCUT2D eigenvalue weighted by molar-refractivity contribution is 6.35. The Morgan fingerprint density at radius 1 is 1.04 bits per heavy atom. The highest BCUT2D eigenvalue weighted by Gasteiger charge is 2.33. The van der Waals surface area contributed by atoms with E-state index < -0.39 is 76.8 Å². The summed E-state index contributed by atoms with van der Waals surface area (Å²) in [7, 11) is 0. The zero-order valence-corrected chi connectivity index (χ0v) is 14.8. The summed E-state index contributed by atoms with van der Waals surface area (Å²) in [6.07, 6.45) is -2.58. The Bertz CT molecular complexity index is 765. The number of ketones is 1. The van der Waals surface area contributed by atoms with Crippen molar-refractivity contribution in [1.82, 2.24) is 0 Å². The van der Waals surface area contributed by atoms with Crippen LogP contribution in [0.15, 0.2) is 0 Å². The highest BCUT2D eigenvalue weighted by Crippen LogP contribution is 2.26. The van der Waals surface area contributed by atoms with E-state index in [9.17, 15) is 31.9 Å². The van der Waals surface area contributed by atoms with E-state index >= 15 is 0 Å². The lowest BCUT2D eigenvalue weighted by Crippen LogP contribution is -2.30. The summed E-state index contributed by atoms with van der Waals surface area (Å²) >= 11 is 0. The summed E-state index contributed by atoms with van der Waals surface area (Å²) in [6.45, 7) is 3.32. The van der Waals surface area contributed by atoms with Gasteiger partial charge < -0.3 is 9.47 Å². The zero-order chi connectivity index (χ0) is 20.9. The predicted octanol–water partition coefficient (Wildman–Crippen LogP) is 3.03. The van der Waals surface area contributed by atoms with Gasteiger partial charge in [0, 0.05) is 18.9 Å². The third-order valence-electron chi connectivity index (χ3n) is 3.53. The molecule has 0 aliphatic rings. The molecule has 1 N–H and O–H groups in total. The number of carbonyl (C=O) groups excluding carboxylic acids is 3. The smallest absolute Gasteiger partial charge is 0.351 e. The Hall–Kier alpha value is -2.78. The fourth-order valence-corrected chi connectivity index (χ4v) is 2.23. The molecule has 0 fully saturated rings. The minimum atomic E-state index is -2.18. The molecule has 0 aliphatic heterocycles. The van der Waals surface area contributed by atoms with Gasteiger partial charge in [-0.15, -0.1) is 0 Å². The molecule has 0 radical (unpaired) electrons. The lowest BCUT2D eigenvalue weighted by atomic mass is 9.96. The van der Waals surface area contributed by atoms with Crippen LogP contribution in [0.25, 0.3) is 0 Å². The van der Waals surface area contributed by atoms with Gasteiger partial charge in [0.1, 0.15) is 5.71 Å². The Balaban J connectivity index is 3.19. The van der Waals surface area contributed by atoms with Crippen molar-refractivity contribution in [2.45, 2.75) is 39.7 Å². The number of esters is 2. The van der Waals surface area contributed by atoms with Gasteiger partial charge in [-0.2, -0.15) is 0 Å². The first-order chi connectivity index (χ1) is 12.5. The molecular weight excluding hydrogens is 374 g/mol. The Kier molecular flexibility index (Phi) is 7.62. The van der Waals surface area contributed by atoms with Crippen molar-refractivity contribution in [3.63, 3.8) is 0 Å². The number of carbonyl (C=O) groups is 3. The largest absolute Gasteiger partial charge is 0.462 e. The molecule has 0 saturated carbocycles. The van der Waals surface area contributed by atoms with Crippen LogP contribution in [-0.2, 0) is 19.1 Å². The van der Waals surface area contributed by atoms with Crippen LogP contribution in [0.5, 0.6) is 0 Å². The van der Waals surface area contributed by atoms with Gasteiger partial charge in [-0.1, -0.05) is 0 Å². The van der Waals surface area contributed by atoms with Crippen molar-refractivity contribution in [2.24, 2.45) is 0 Å². The minimum absolute atomic E-state index is 0.00601. The molecule has 1 atom stereocenters. The van der Waals surface area contributed by atoms with Crippen LogP contribution in [0.2, 0.25) is 0 Å². The summed E-state index contributed by atoms with van der Waals surface area (Å²) in [6, 6.07) is 0. The van der Waals surface area contributed by atoms with Crippen molar-refractivity contribution in [3.05, 3.63) is 34.4 Å². The van der Waals surface area contributed by atoms with Crippen LogP contribution in [0.3, 0.4) is 0 Å². The van der Waals surface area contributed by atoms with Crippen molar-refractivity contribution in [1.29, 1.82) is 5.41 Å². The normalized spacial score (nSPS) is 11.7. The Morgan fingerprint density at radius 2 is 1.59 bits per heavy atom. The molecule has 1 rings (SSSR count). The molecular formula is C17H17F4NO5. The van der Waals surface area contributed by atoms with Gasteiger partial charge in [0.15, 0.2) is 29.4 Å². The summed E-state index contributed by atoms with van der Waals surface area (Å²) in [4.78, 5) is 35.1. The molecule has 0 bridgehead atoms. The molecule has 1 aromatic carbocycles. The topological polar surface area (TPSA) is 93.5 Å². The monoisotopic (exact) mass is 391 g/mol. The molecule has 1 unspecified atom stereocenters. The van der Waals surface area contributed by atoms with Crippen molar-refractivity contribution >= 4 is 23.4 Å². The van der Waals surface area contributed by atoms with E-state index in [1.807, 2.05) is 0 Å². The fraction of sp³-hybridized carbons (Fsp3) is 0.412. The summed E-state index contributed by atoms with van der Waals surface area (Å²) in [5, 5.41) is 7.53. The molecule has 0 saturated heterocycles. The molecule has 0 spiro atoms. The molecule has 0 amide bonds. The summed E-state index contributed by atoms with van der Waals surface area (Å²) in [5.41, 5.74) is -2.45. The van der Waals surface area contributed by atoms with E-state index in [1.54, 1.807) is 0 Å². The number of benzene rings is 1. The second-order valence-corrected chi connectivity index (χ2v) is 5.46. The van der Waals surface area contributed by atoms with Gasteiger partial charge in [0.05, 0.1) is 12.2 Å². The average Bonchev–Trinajstić information content (AvgIpc) is 2.61. The van der Waals surface area contributed by atoms with Gasteiger partial charge in [-0.05, 0) is 20.3 Å². The maximum atomic E-state index is 14.0. The van der Waals surface area contributed by atoms with E-state index in [0.29, 0.717) is 0 Å².